The van der Waals surface area contributed by atoms with Crippen LogP contribution >= 0.6 is 0 Å². The molecule has 43 heavy (non-hydrogen) atoms. The molecule has 20 nitrogen and oxygen atoms in total. The Labute approximate surface area is 243 Å². The van der Waals surface area contributed by atoms with Gasteiger partial charge in [-0.2, -0.15) is 0 Å². The highest BCUT2D eigenvalue weighted by molar-refractivity contribution is 5.76. The Balaban J connectivity index is 1.94. The van der Waals surface area contributed by atoms with E-state index in [1.165, 1.54) is 0 Å². The number of carboxylic acids is 1. The topological polar surface area (TPSA) is 335 Å². The average molecular weight is 634 g/mol. The van der Waals surface area contributed by atoms with Gasteiger partial charge < -0.3 is 90.3 Å². The summed E-state index contributed by atoms with van der Waals surface area (Å²) in [4.78, 5) is 24.3. The van der Waals surface area contributed by atoms with Crippen LogP contribution in [0.2, 0.25) is 0 Å². The molecule has 3 rings (SSSR count). The van der Waals surface area contributed by atoms with Gasteiger partial charge in [0.1, 0.15) is 67.1 Å². The van der Waals surface area contributed by atoms with E-state index in [1.807, 2.05) is 0 Å². The van der Waals surface area contributed by atoms with Crippen LogP contribution in [-0.2, 0) is 33.3 Å². The second-order valence-electron chi connectivity index (χ2n) is 10.5. The number of carbonyl (C=O) groups excluding carboxylic acids is 1. The molecule has 0 aliphatic carbocycles. The summed E-state index contributed by atoms with van der Waals surface area (Å²) >= 11 is 0. The minimum atomic E-state index is -3.02. The fourth-order valence-corrected chi connectivity index (χ4v) is 5.16. The molecule has 0 unspecified atom stereocenters. The molecule has 3 saturated heterocycles. The van der Waals surface area contributed by atoms with Crippen molar-refractivity contribution in [2.45, 2.75) is 111 Å². The third kappa shape index (κ3) is 7.41. The summed E-state index contributed by atoms with van der Waals surface area (Å²) in [6.45, 7) is -1.85. The number of hydrogen-bond donors (Lipinski definition) is 13. The van der Waals surface area contributed by atoms with Crippen LogP contribution in [0, 0.1) is 0 Å². The molecule has 16 atom stereocenters. The Kier molecular flexibility index (Phi) is 12.1. The van der Waals surface area contributed by atoms with Crippen LogP contribution in [0.15, 0.2) is 0 Å². The van der Waals surface area contributed by atoms with E-state index in [0.29, 0.717) is 0 Å². The second kappa shape index (κ2) is 14.6. The molecule has 1 amide bonds. The molecule has 0 bridgehead atoms. The van der Waals surface area contributed by atoms with Gasteiger partial charge >= 0.3 is 5.97 Å². The van der Waals surface area contributed by atoms with E-state index in [-0.39, 0.29) is 0 Å². The zero-order chi connectivity index (χ0) is 32.4. The zero-order valence-corrected chi connectivity index (χ0v) is 22.7. The first-order valence-corrected chi connectivity index (χ1v) is 13.2. The molecule has 20 heteroatoms. The quantitative estimate of drug-likeness (QED) is 0.100. The van der Waals surface area contributed by atoms with E-state index in [0.717, 1.165) is 6.92 Å². The molecule has 0 aromatic heterocycles. The van der Waals surface area contributed by atoms with Gasteiger partial charge in [0.25, 0.3) is 5.79 Å². The SMILES string of the molecule is CC(=O)N[C@H]1[C@H]([C@@H](O)[C@H](O)CO)O[C@](O[C@H]2[C@@H](O)[C@@H](CO)O[C@@H](O[C@H]3[C@H](O)[C@@H](O)[C@H](O)O[C@@H]3CO)[C@@H]2O)(C(=O)O)C[C@@H]1O. The summed E-state index contributed by atoms with van der Waals surface area (Å²) in [6.07, 6.45) is -27.8. The molecule has 3 aliphatic heterocycles. The van der Waals surface area contributed by atoms with Crippen LogP contribution in [0.4, 0.5) is 0 Å². The highest BCUT2D eigenvalue weighted by Gasteiger charge is 2.60. The zero-order valence-electron chi connectivity index (χ0n) is 22.7. The smallest absolute Gasteiger partial charge is 0.364 e. The number of aliphatic carboxylic acids is 1. The van der Waals surface area contributed by atoms with E-state index in [1.54, 1.807) is 0 Å². The van der Waals surface area contributed by atoms with Crippen molar-refractivity contribution in [3.8, 4) is 0 Å². The first-order valence-electron chi connectivity index (χ1n) is 13.2. The summed E-state index contributed by atoms with van der Waals surface area (Å²) in [7, 11) is 0. The van der Waals surface area contributed by atoms with E-state index < -0.39 is 136 Å². The molecule has 3 fully saturated rings. The molecule has 250 valence electrons. The van der Waals surface area contributed by atoms with Gasteiger partial charge in [0.2, 0.25) is 5.91 Å². The number of ether oxygens (including phenoxy) is 5. The van der Waals surface area contributed by atoms with Crippen molar-refractivity contribution >= 4 is 11.9 Å². The van der Waals surface area contributed by atoms with Gasteiger partial charge in [-0.15, -0.1) is 0 Å². The van der Waals surface area contributed by atoms with Crippen LogP contribution in [-0.4, -0.2) is 191 Å². The first-order chi connectivity index (χ1) is 20.1. The molecule has 0 aromatic carbocycles. The Morgan fingerprint density at radius 2 is 1.53 bits per heavy atom. The molecule has 3 heterocycles. The van der Waals surface area contributed by atoms with Crippen LogP contribution in [0.5, 0.6) is 0 Å². The maximum absolute atomic E-state index is 12.5. The Morgan fingerprint density at radius 3 is 2.07 bits per heavy atom. The predicted molar refractivity (Wildman–Crippen MR) is 130 cm³/mol. The number of amides is 1. The van der Waals surface area contributed by atoms with E-state index in [9.17, 15) is 70.9 Å². The number of nitrogens with one attached hydrogen (secondary N) is 1. The van der Waals surface area contributed by atoms with Gasteiger partial charge in [-0.25, -0.2) is 4.79 Å². The monoisotopic (exact) mass is 633 g/mol. The standard InChI is InChI=1S/C23H39NO19/c1-6(28)24-11-7(29)2-23(22(37)38,42-18(11)12(31)8(30)3-25)43-19-13(32)9(4-26)40-21(16(19)35)41-17-10(5-27)39-20(36)15(34)14(17)33/h7-21,25-27,29-36H,2-5H2,1H3,(H,24,28)(H,37,38)/t7-,8+,9+,10+,11+,12-,13-,14+,15+,16+,17+,18+,19-,20+,21-,23+/m0/s1. The molecule has 0 aromatic rings. The maximum Gasteiger partial charge on any atom is 0.364 e. The fraction of sp³-hybridized carbons (Fsp3) is 0.913. The van der Waals surface area contributed by atoms with Crippen LogP contribution in [0.1, 0.15) is 13.3 Å². The van der Waals surface area contributed by atoms with E-state index >= 15 is 0 Å². The highest BCUT2D eigenvalue weighted by Crippen LogP contribution is 2.38. The number of rotatable bonds is 11. The van der Waals surface area contributed by atoms with E-state index in [2.05, 4.69) is 5.32 Å². The number of carboxylic acid groups (broad SMARTS) is 1. The lowest BCUT2D eigenvalue weighted by molar-refractivity contribution is -0.385. The van der Waals surface area contributed by atoms with Crippen molar-refractivity contribution < 1.29 is 94.6 Å². The number of carbonyl (C=O) groups is 2. The van der Waals surface area contributed by atoms with Gasteiger partial charge in [-0.1, -0.05) is 0 Å². The maximum atomic E-state index is 12.5. The van der Waals surface area contributed by atoms with Gasteiger partial charge in [0.15, 0.2) is 12.6 Å². The van der Waals surface area contributed by atoms with Crippen LogP contribution in [0.3, 0.4) is 0 Å². The van der Waals surface area contributed by atoms with Crippen molar-refractivity contribution in [3.05, 3.63) is 0 Å². The predicted octanol–water partition coefficient (Wildman–Crippen LogP) is -8.22. The summed E-state index contributed by atoms with van der Waals surface area (Å²) < 4.78 is 26.8. The minimum Gasteiger partial charge on any atom is -0.477 e. The summed E-state index contributed by atoms with van der Waals surface area (Å²) in [5.41, 5.74) is 0. The van der Waals surface area contributed by atoms with Crippen molar-refractivity contribution in [1.82, 2.24) is 5.32 Å². The van der Waals surface area contributed by atoms with Gasteiger partial charge in [0, 0.05) is 13.3 Å². The lowest BCUT2D eigenvalue weighted by Crippen LogP contribution is -2.70. The van der Waals surface area contributed by atoms with E-state index in [4.69, 9.17) is 23.7 Å². The average Bonchev–Trinajstić information content (AvgIpc) is 2.96. The Bertz CT molecular complexity index is 942. The Hall–Kier alpha value is -1.70. The number of aliphatic hydroxyl groups is 11. The second-order valence-corrected chi connectivity index (χ2v) is 10.5. The third-order valence-corrected chi connectivity index (χ3v) is 7.47. The molecule has 13 N–H and O–H groups in total. The van der Waals surface area contributed by atoms with Crippen molar-refractivity contribution in [3.63, 3.8) is 0 Å². The molecule has 3 aliphatic rings. The van der Waals surface area contributed by atoms with Crippen LogP contribution < -0.4 is 5.32 Å². The summed E-state index contributed by atoms with van der Waals surface area (Å²) in [5.74, 6) is -5.74. The number of aliphatic hydroxyl groups excluding tert-OH is 11. The van der Waals surface area contributed by atoms with Gasteiger partial charge in [-0.3, -0.25) is 4.79 Å². The molecular formula is C23H39NO19. The minimum absolute atomic E-state index is 0.749. The lowest BCUT2D eigenvalue weighted by atomic mass is 9.88. The van der Waals surface area contributed by atoms with Gasteiger partial charge in [0.05, 0.1) is 32.0 Å². The molecule has 0 saturated carbocycles. The fourth-order valence-electron chi connectivity index (χ4n) is 5.16. The largest absolute Gasteiger partial charge is 0.477 e. The lowest BCUT2D eigenvalue weighted by Gasteiger charge is -2.50. The third-order valence-electron chi connectivity index (χ3n) is 7.47. The van der Waals surface area contributed by atoms with Crippen LogP contribution in [0.25, 0.3) is 0 Å². The molecule has 0 spiro atoms. The summed E-state index contributed by atoms with van der Waals surface area (Å²) in [6, 6.07) is -1.54. The van der Waals surface area contributed by atoms with Gasteiger partial charge in [-0.05, 0) is 0 Å². The van der Waals surface area contributed by atoms with Crippen molar-refractivity contribution in [2.24, 2.45) is 0 Å². The normalized spacial score (nSPS) is 45.3. The molecule has 0 radical (unpaired) electrons. The van der Waals surface area contributed by atoms with Crippen molar-refractivity contribution in [1.29, 1.82) is 0 Å². The molecular weight excluding hydrogens is 594 g/mol. The Morgan fingerprint density at radius 1 is 0.907 bits per heavy atom. The first kappa shape index (κ1) is 35.8. The highest BCUT2D eigenvalue weighted by atomic mass is 16.8. The van der Waals surface area contributed by atoms with Crippen molar-refractivity contribution in [2.75, 3.05) is 19.8 Å². The summed E-state index contributed by atoms with van der Waals surface area (Å²) in [5, 5.41) is 124. The number of hydrogen-bond acceptors (Lipinski definition) is 18.